The first kappa shape index (κ1) is 61.4. The first-order valence-electron chi connectivity index (χ1n) is 25.8. The van der Waals surface area contributed by atoms with Gasteiger partial charge < -0.3 is 34.3 Å². The van der Waals surface area contributed by atoms with Crippen molar-refractivity contribution in [1.82, 2.24) is 0 Å². The average Bonchev–Trinajstić information content (AvgIpc) is 3.28. The van der Waals surface area contributed by atoms with Crippen LogP contribution in [-0.2, 0) is 38.7 Å². The molecule has 382 valence electrons. The molecule has 1 heterocycles. The normalized spacial score (nSPS) is 19.9. The molecule has 0 amide bonds. The lowest BCUT2D eigenvalue weighted by atomic mass is 10.00. The van der Waals surface area contributed by atoms with Crippen molar-refractivity contribution in [2.24, 2.45) is 0 Å². The number of aliphatic hydroxyl groups is 3. The van der Waals surface area contributed by atoms with Crippen molar-refractivity contribution < 1.29 is 56.8 Å². The Balaban J connectivity index is 2.41. The van der Waals surface area contributed by atoms with Gasteiger partial charge in [0.2, 0.25) is 0 Å². The molecule has 2 unspecified atom stereocenters. The van der Waals surface area contributed by atoms with E-state index in [-0.39, 0.29) is 19.4 Å². The molecule has 1 aliphatic rings. The zero-order chi connectivity index (χ0) is 48.4. The number of ether oxygens (including phenoxy) is 4. The fraction of sp³-hybridized carbons (Fsp3) is 0.774. The van der Waals surface area contributed by atoms with Gasteiger partial charge in [-0.15, -0.1) is 0 Å². The van der Waals surface area contributed by atoms with Crippen molar-refractivity contribution in [3.63, 3.8) is 0 Å². The van der Waals surface area contributed by atoms with Crippen molar-refractivity contribution >= 4 is 22.1 Å². The second kappa shape index (κ2) is 42.5. The Morgan fingerprint density at radius 3 is 1.41 bits per heavy atom. The molecule has 1 fully saturated rings. The van der Waals surface area contributed by atoms with E-state index in [9.17, 15) is 37.9 Å². The highest BCUT2D eigenvalue weighted by Gasteiger charge is 2.46. The van der Waals surface area contributed by atoms with Crippen LogP contribution in [0.25, 0.3) is 0 Å². The lowest BCUT2D eigenvalue weighted by Crippen LogP contribution is -2.60. The summed E-state index contributed by atoms with van der Waals surface area (Å²) in [4.78, 5) is 25.5. The van der Waals surface area contributed by atoms with Crippen molar-refractivity contribution in [2.75, 3.05) is 19.0 Å². The molecule has 0 aromatic heterocycles. The van der Waals surface area contributed by atoms with Crippen LogP contribution in [0.3, 0.4) is 0 Å². The largest absolute Gasteiger partial charge is 0.462 e. The quantitative estimate of drug-likeness (QED) is 0.0196. The van der Waals surface area contributed by atoms with E-state index in [0.717, 1.165) is 64.2 Å². The van der Waals surface area contributed by atoms with Crippen molar-refractivity contribution in [1.29, 1.82) is 0 Å². The Morgan fingerprint density at radius 1 is 0.515 bits per heavy atom. The molecule has 6 atom stereocenters. The summed E-state index contributed by atoms with van der Waals surface area (Å²) >= 11 is 0. The highest BCUT2D eigenvalue weighted by molar-refractivity contribution is 7.85. The maximum atomic E-state index is 12.9. The van der Waals surface area contributed by atoms with E-state index in [0.29, 0.717) is 12.8 Å². The number of aliphatic hydroxyl groups excluding tert-OH is 3. The van der Waals surface area contributed by atoms with Gasteiger partial charge in [0, 0.05) is 12.8 Å². The van der Waals surface area contributed by atoms with Gasteiger partial charge in [-0.25, -0.2) is 0 Å². The lowest BCUT2D eigenvalue weighted by Gasteiger charge is -2.40. The van der Waals surface area contributed by atoms with Gasteiger partial charge in [0.1, 0.15) is 36.8 Å². The summed E-state index contributed by atoms with van der Waals surface area (Å²) in [6, 6.07) is 0. The van der Waals surface area contributed by atoms with Crippen LogP contribution in [0.4, 0.5) is 0 Å². The maximum Gasteiger partial charge on any atom is 0.306 e. The lowest BCUT2D eigenvalue weighted by molar-refractivity contribution is -0.297. The van der Waals surface area contributed by atoms with Crippen LogP contribution >= 0.6 is 0 Å². The summed E-state index contributed by atoms with van der Waals surface area (Å²) in [6.45, 7) is 3.72. The average molecular weight is 953 g/mol. The minimum Gasteiger partial charge on any atom is -0.462 e. The molecule has 1 rings (SSSR count). The van der Waals surface area contributed by atoms with Crippen molar-refractivity contribution in [3.8, 4) is 0 Å². The SMILES string of the molecule is CCCCC/C=C/C/C=C/C/C=C/C/C=C/CCCCCC(=O)O[C@H](COC(=O)CCCCCCCCCCC/C=C/CCCCCCCC)CO[C@H]1O[C@H](CS(=O)(=O)O)[C@@H](O)C(O)C1O. The van der Waals surface area contributed by atoms with Crippen LogP contribution in [0, 0.1) is 0 Å². The van der Waals surface area contributed by atoms with E-state index < -0.39 is 71.2 Å². The predicted octanol–water partition coefficient (Wildman–Crippen LogP) is 11.7. The number of esters is 2. The molecule has 0 saturated carbocycles. The standard InChI is InChI=1S/C53H92O12S/c1-3-5-7-9-11-13-15-17-19-21-23-25-27-29-31-33-35-37-39-41-48(54)62-43-46(44-63-53-52(58)51(57)50(56)47(65-53)45-66(59,60)61)64-49(55)42-40-38-36-34-32-30-28-26-24-22-20-18-16-14-12-10-8-6-4-2/h12,14,17-20,24,26,30,32,46-47,50-53,56-58H,3-11,13,15-16,21-23,25,27-29,31,33-45H2,1-2H3,(H,59,60,61)/b14-12+,19-17+,20-18+,26-24+,32-30+/t46-,47-,50-,51?,52?,53+/m1/s1. The number of carbonyl (C=O) groups is 2. The summed E-state index contributed by atoms with van der Waals surface area (Å²) in [7, 11) is -4.61. The summed E-state index contributed by atoms with van der Waals surface area (Å²) in [5, 5.41) is 31.0. The Kier molecular flexibility index (Phi) is 39.5. The van der Waals surface area contributed by atoms with Crippen LogP contribution in [0.15, 0.2) is 60.8 Å². The summed E-state index contributed by atoms with van der Waals surface area (Å²) in [6.07, 6.45) is 44.0. The molecule has 0 aromatic carbocycles. The maximum absolute atomic E-state index is 12.9. The van der Waals surface area contributed by atoms with Gasteiger partial charge in [0.05, 0.1) is 6.61 Å². The van der Waals surface area contributed by atoms with E-state index in [1.54, 1.807) is 0 Å². The monoisotopic (exact) mass is 953 g/mol. The third-order valence-corrected chi connectivity index (χ3v) is 12.3. The molecule has 13 heteroatoms. The molecule has 1 saturated heterocycles. The van der Waals surface area contributed by atoms with Crippen LogP contribution in [0.2, 0.25) is 0 Å². The Morgan fingerprint density at radius 2 is 0.909 bits per heavy atom. The summed E-state index contributed by atoms with van der Waals surface area (Å²) < 4.78 is 54.2. The van der Waals surface area contributed by atoms with Gasteiger partial charge >= 0.3 is 11.9 Å². The van der Waals surface area contributed by atoms with Gasteiger partial charge in [-0.2, -0.15) is 8.42 Å². The number of unbranched alkanes of at least 4 members (excludes halogenated alkanes) is 21. The molecule has 0 bridgehead atoms. The fourth-order valence-corrected chi connectivity index (χ4v) is 8.23. The topological polar surface area (TPSA) is 186 Å². The van der Waals surface area contributed by atoms with E-state index in [1.807, 2.05) is 0 Å². The molecular formula is C53H92O12S. The zero-order valence-corrected chi connectivity index (χ0v) is 41.9. The summed E-state index contributed by atoms with van der Waals surface area (Å²) in [5.74, 6) is -2.03. The third-order valence-electron chi connectivity index (χ3n) is 11.6. The number of allylic oxidation sites excluding steroid dienone is 10. The Hall–Kier alpha value is -2.65. The molecule has 66 heavy (non-hydrogen) atoms. The predicted molar refractivity (Wildman–Crippen MR) is 265 cm³/mol. The highest BCUT2D eigenvalue weighted by Crippen LogP contribution is 2.24. The van der Waals surface area contributed by atoms with Crippen LogP contribution < -0.4 is 0 Å². The smallest absolute Gasteiger partial charge is 0.306 e. The minimum atomic E-state index is -4.61. The molecule has 4 N–H and O–H groups in total. The second-order valence-electron chi connectivity index (χ2n) is 17.8. The van der Waals surface area contributed by atoms with Crippen molar-refractivity contribution in [3.05, 3.63) is 60.8 Å². The highest BCUT2D eigenvalue weighted by atomic mass is 32.2. The van der Waals surface area contributed by atoms with Crippen LogP contribution in [-0.4, -0.2) is 96.0 Å². The van der Waals surface area contributed by atoms with E-state index in [1.165, 1.54) is 103 Å². The minimum absolute atomic E-state index is 0.125. The number of rotatable bonds is 43. The molecule has 0 aromatic rings. The number of hydrogen-bond acceptors (Lipinski definition) is 11. The number of carbonyl (C=O) groups excluding carboxylic acids is 2. The van der Waals surface area contributed by atoms with E-state index >= 15 is 0 Å². The van der Waals surface area contributed by atoms with Crippen LogP contribution in [0.1, 0.15) is 206 Å². The van der Waals surface area contributed by atoms with Crippen LogP contribution in [0.5, 0.6) is 0 Å². The number of hydrogen-bond donors (Lipinski definition) is 4. The summed E-state index contributed by atoms with van der Waals surface area (Å²) in [5.41, 5.74) is 0. The van der Waals surface area contributed by atoms with E-state index in [2.05, 4.69) is 74.6 Å². The molecular weight excluding hydrogens is 861 g/mol. The Labute approximate surface area is 400 Å². The van der Waals surface area contributed by atoms with Gasteiger partial charge in [0.25, 0.3) is 10.1 Å². The van der Waals surface area contributed by atoms with Gasteiger partial charge in [-0.05, 0) is 83.5 Å². The van der Waals surface area contributed by atoms with E-state index in [4.69, 9.17) is 18.9 Å². The molecule has 0 spiro atoms. The Bertz CT molecular complexity index is 1440. The van der Waals surface area contributed by atoms with Gasteiger partial charge in [0.15, 0.2) is 12.4 Å². The first-order chi connectivity index (χ1) is 32.0. The van der Waals surface area contributed by atoms with Gasteiger partial charge in [-0.1, -0.05) is 171 Å². The molecule has 12 nitrogen and oxygen atoms in total. The fourth-order valence-electron chi connectivity index (χ4n) is 7.54. The zero-order valence-electron chi connectivity index (χ0n) is 41.0. The first-order valence-corrected chi connectivity index (χ1v) is 27.5. The molecule has 0 radical (unpaired) electrons. The molecule has 1 aliphatic heterocycles. The molecule has 0 aliphatic carbocycles. The second-order valence-corrected chi connectivity index (χ2v) is 19.3. The van der Waals surface area contributed by atoms with Crippen molar-refractivity contribution in [2.45, 2.75) is 243 Å². The van der Waals surface area contributed by atoms with Gasteiger partial charge in [-0.3, -0.25) is 14.1 Å². The third kappa shape index (κ3) is 36.4.